The molecule has 2 aliphatic rings. The van der Waals surface area contributed by atoms with Gasteiger partial charge in [0.1, 0.15) is 6.10 Å². The number of thiazole rings is 1. The van der Waals surface area contributed by atoms with E-state index in [4.69, 9.17) is 10.5 Å². The van der Waals surface area contributed by atoms with E-state index in [-0.39, 0.29) is 42.1 Å². The highest BCUT2D eigenvalue weighted by Gasteiger charge is 2.31. The summed E-state index contributed by atoms with van der Waals surface area (Å²) in [5.41, 5.74) is 6.15. The topological polar surface area (TPSA) is 87.3 Å². The molecule has 2 aliphatic heterocycles. The number of piperazine rings is 1. The van der Waals surface area contributed by atoms with Gasteiger partial charge >= 0.3 is 0 Å². The van der Waals surface area contributed by atoms with Crippen molar-refractivity contribution in [2.24, 2.45) is 10.7 Å². The summed E-state index contributed by atoms with van der Waals surface area (Å²) >= 11 is 1.66. The number of nitrogens with zero attached hydrogens (tertiary/aromatic N) is 5. The third kappa shape index (κ3) is 5.19. The Morgan fingerprint density at radius 3 is 2.73 bits per heavy atom. The van der Waals surface area contributed by atoms with Gasteiger partial charge in [-0.15, -0.1) is 35.3 Å². The van der Waals surface area contributed by atoms with Gasteiger partial charge in [-0.05, 0) is 12.8 Å². The predicted molar refractivity (Wildman–Crippen MR) is 114 cm³/mol. The molecule has 1 aromatic heterocycles. The van der Waals surface area contributed by atoms with E-state index in [0.29, 0.717) is 12.5 Å². The minimum Gasteiger partial charge on any atom is -0.370 e. The maximum Gasteiger partial charge on any atom is 0.251 e. The first-order valence-corrected chi connectivity index (χ1v) is 9.48. The van der Waals surface area contributed by atoms with Crippen molar-refractivity contribution in [2.75, 3.05) is 51.7 Å². The molecule has 2 fully saturated rings. The summed E-state index contributed by atoms with van der Waals surface area (Å²) in [4.78, 5) is 26.7. The molecular formula is C16H27IN6O2S. The third-order valence-electron chi connectivity index (χ3n) is 4.57. The van der Waals surface area contributed by atoms with Gasteiger partial charge in [-0.1, -0.05) is 0 Å². The second kappa shape index (κ2) is 9.70. The maximum absolute atomic E-state index is 11.9. The molecule has 2 saturated heterocycles. The van der Waals surface area contributed by atoms with Crippen molar-refractivity contribution in [1.29, 1.82) is 0 Å². The van der Waals surface area contributed by atoms with Crippen molar-refractivity contribution in [3.8, 4) is 0 Å². The Morgan fingerprint density at radius 1 is 1.38 bits per heavy atom. The van der Waals surface area contributed by atoms with E-state index < -0.39 is 0 Å². The van der Waals surface area contributed by atoms with Crippen LogP contribution >= 0.6 is 35.3 Å². The molecular weight excluding hydrogens is 467 g/mol. The zero-order valence-corrected chi connectivity index (χ0v) is 18.4. The molecule has 0 radical (unpaired) electrons. The van der Waals surface area contributed by atoms with Gasteiger partial charge in [0, 0.05) is 51.9 Å². The fourth-order valence-corrected chi connectivity index (χ4v) is 3.80. The van der Waals surface area contributed by atoms with Gasteiger partial charge in [0.15, 0.2) is 11.1 Å². The third-order valence-corrected chi connectivity index (χ3v) is 5.41. The number of carbonyl (C=O) groups excluding carboxylic acids is 1. The van der Waals surface area contributed by atoms with E-state index in [0.717, 1.165) is 44.2 Å². The lowest BCUT2D eigenvalue weighted by atomic mass is 10.2. The van der Waals surface area contributed by atoms with E-state index in [1.54, 1.807) is 30.3 Å². The van der Waals surface area contributed by atoms with Crippen LogP contribution in [0.25, 0.3) is 0 Å². The summed E-state index contributed by atoms with van der Waals surface area (Å²) < 4.78 is 5.80. The Kier molecular flexibility index (Phi) is 7.89. The molecule has 0 spiro atoms. The molecule has 2 N–H and O–H groups in total. The Morgan fingerprint density at radius 2 is 2.12 bits per heavy atom. The number of hydrogen-bond acceptors (Lipinski definition) is 6. The molecule has 0 bridgehead atoms. The minimum absolute atomic E-state index is 0. The number of rotatable bonds is 4. The van der Waals surface area contributed by atoms with Crippen molar-refractivity contribution < 1.29 is 9.53 Å². The van der Waals surface area contributed by atoms with Gasteiger partial charge in [0.25, 0.3) is 5.91 Å². The van der Waals surface area contributed by atoms with Crippen LogP contribution in [0.3, 0.4) is 0 Å². The Balaban J connectivity index is 0.00000243. The normalized spacial score (nSPS) is 23.7. The van der Waals surface area contributed by atoms with Gasteiger partial charge in [-0.3, -0.25) is 9.79 Å². The number of aliphatic imine (C=N–C) groups is 1. The van der Waals surface area contributed by atoms with E-state index in [9.17, 15) is 4.79 Å². The molecule has 2 unspecified atom stereocenters. The van der Waals surface area contributed by atoms with E-state index in [2.05, 4.69) is 19.8 Å². The molecule has 2 atom stereocenters. The zero-order chi connectivity index (χ0) is 17.8. The van der Waals surface area contributed by atoms with Crippen molar-refractivity contribution >= 4 is 52.3 Å². The number of nitrogens with two attached hydrogens (primary N) is 1. The number of amides is 1. The van der Waals surface area contributed by atoms with Crippen LogP contribution in [0.1, 0.15) is 12.8 Å². The molecule has 3 heterocycles. The van der Waals surface area contributed by atoms with Gasteiger partial charge in [0.05, 0.1) is 12.6 Å². The predicted octanol–water partition coefficient (Wildman–Crippen LogP) is 0.834. The molecule has 10 heteroatoms. The maximum atomic E-state index is 11.9. The van der Waals surface area contributed by atoms with Crippen LogP contribution < -0.4 is 10.6 Å². The zero-order valence-electron chi connectivity index (χ0n) is 15.2. The van der Waals surface area contributed by atoms with Crippen LogP contribution in [0.4, 0.5) is 5.13 Å². The minimum atomic E-state index is -0.335. The average Bonchev–Trinajstić information content (AvgIpc) is 3.31. The van der Waals surface area contributed by atoms with Crippen LogP contribution in [0.5, 0.6) is 0 Å². The molecule has 0 saturated carbocycles. The molecule has 8 nitrogen and oxygen atoms in total. The molecule has 1 aromatic rings. The standard InChI is InChI=1S/C16H26N6O2S.HI/c1-20(2)14(23)13-4-3-12(24-13)11-19-15(17)21-6-8-22(9-7-21)16-18-5-10-25-16;/h5,10,12-13H,3-4,6-9,11H2,1-2H3,(H2,17,19);1H. The number of anilines is 1. The summed E-state index contributed by atoms with van der Waals surface area (Å²) in [6, 6.07) is 0. The summed E-state index contributed by atoms with van der Waals surface area (Å²) in [7, 11) is 3.50. The lowest BCUT2D eigenvalue weighted by molar-refractivity contribution is -0.140. The highest BCUT2D eigenvalue weighted by atomic mass is 127. The van der Waals surface area contributed by atoms with E-state index in [1.807, 2.05) is 11.6 Å². The van der Waals surface area contributed by atoms with Crippen LogP contribution in [-0.4, -0.2) is 85.7 Å². The second-order valence-corrected chi connectivity index (χ2v) is 7.42. The van der Waals surface area contributed by atoms with Crippen molar-refractivity contribution in [2.45, 2.75) is 25.0 Å². The smallest absolute Gasteiger partial charge is 0.251 e. The van der Waals surface area contributed by atoms with Crippen LogP contribution in [0, 0.1) is 0 Å². The number of ether oxygens (including phenoxy) is 1. The van der Waals surface area contributed by atoms with E-state index in [1.165, 1.54) is 0 Å². The first-order chi connectivity index (χ1) is 12.0. The van der Waals surface area contributed by atoms with Crippen LogP contribution in [0.15, 0.2) is 16.6 Å². The Hall–Kier alpha value is -1.14. The quantitative estimate of drug-likeness (QED) is 0.379. The summed E-state index contributed by atoms with van der Waals surface area (Å²) in [6.07, 6.45) is 3.07. The SMILES string of the molecule is CN(C)C(=O)C1CCC(CN=C(N)N2CCN(c3nccs3)CC2)O1.I. The summed E-state index contributed by atoms with van der Waals surface area (Å²) in [6.45, 7) is 3.96. The summed E-state index contributed by atoms with van der Waals surface area (Å²) in [5.74, 6) is 0.586. The van der Waals surface area contributed by atoms with Gasteiger partial charge in [-0.2, -0.15) is 0 Å². The fraction of sp³-hybridized carbons (Fsp3) is 0.688. The van der Waals surface area contributed by atoms with Crippen LogP contribution in [-0.2, 0) is 9.53 Å². The molecule has 146 valence electrons. The lowest BCUT2D eigenvalue weighted by Gasteiger charge is -2.35. The van der Waals surface area contributed by atoms with Crippen molar-refractivity contribution in [3.05, 3.63) is 11.6 Å². The Bertz CT molecular complexity index is 604. The highest BCUT2D eigenvalue weighted by molar-refractivity contribution is 14.0. The average molecular weight is 494 g/mol. The summed E-state index contributed by atoms with van der Waals surface area (Å²) in [5, 5.41) is 3.05. The Labute approximate surface area is 175 Å². The molecule has 3 rings (SSSR count). The highest BCUT2D eigenvalue weighted by Crippen LogP contribution is 2.21. The number of guanidine groups is 1. The van der Waals surface area contributed by atoms with E-state index >= 15 is 0 Å². The van der Waals surface area contributed by atoms with Gasteiger partial charge in [0.2, 0.25) is 0 Å². The number of halogens is 1. The number of likely N-dealkylation sites (N-methyl/N-ethyl adjacent to an activating group) is 1. The lowest BCUT2D eigenvalue weighted by Crippen LogP contribution is -2.51. The number of aromatic nitrogens is 1. The van der Waals surface area contributed by atoms with Gasteiger partial charge in [-0.25, -0.2) is 4.98 Å². The fourth-order valence-electron chi connectivity index (χ4n) is 3.10. The van der Waals surface area contributed by atoms with Crippen molar-refractivity contribution in [1.82, 2.24) is 14.8 Å². The first kappa shape index (κ1) is 21.2. The molecule has 0 aromatic carbocycles. The molecule has 26 heavy (non-hydrogen) atoms. The second-order valence-electron chi connectivity index (χ2n) is 6.54. The largest absolute Gasteiger partial charge is 0.370 e. The first-order valence-electron chi connectivity index (χ1n) is 8.60. The number of hydrogen-bond donors (Lipinski definition) is 1. The number of carbonyl (C=O) groups is 1. The monoisotopic (exact) mass is 494 g/mol. The van der Waals surface area contributed by atoms with Crippen LogP contribution in [0.2, 0.25) is 0 Å². The van der Waals surface area contributed by atoms with Crippen molar-refractivity contribution in [3.63, 3.8) is 0 Å². The molecule has 0 aliphatic carbocycles. The van der Waals surface area contributed by atoms with Gasteiger partial charge < -0.3 is 25.2 Å². The molecule has 1 amide bonds.